The topological polar surface area (TPSA) is 68.6 Å². The van der Waals surface area contributed by atoms with Crippen molar-refractivity contribution < 1.29 is 27.4 Å². The van der Waals surface area contributed by atoms with E-state index in [1.807, 2.05) is 0 Å². The maximum absolute atomic E-state index is 14.0. The first kappa shape index (κ1) is 22.3. The highest BCUT2D eigenvalue weighted by Crippen LogP contribution is 2.44. The molecule has 2 atom stereocenters. The highest BCUT2D eigenvalue weighted by molar-refractivity contribution is 5.93. The summed E-state index contributed by atoms with van der Waals surface area (Å²) in [5.74, 6) is 1.31. The molecule has 1 N–H and O–H groups in total. The van der Waals surface area contributed by atoms with Gasteiger partial charge in [-0.25, -0.2) is 4.68 Å². The van der Waals surface area contributed by atoms with Crippen LogP contribution in [0, 0.1) is 5.92 Å². The Morgan fingerprint density at radius 3 is 2.44 bits per heavy atom. The molecule has 0 radical (unpaired) electrons. The van der Waals surface area contributed by atoms with Crippen LogP contribution in [0.1, 0.15) is 54.3 Å². The van der Waals surface area contributed by atoms with Crippen molar-refractivity contribution in [2.24, 2.45) is 5.92 Å². The van der Waals surface area contributed by atoms with Crippen molar-refractivity contribution in [2.45, 2.75) is 44.4 Å². The Balaban J connectivity index is 1.64. The third-order valence-electron chi connectivity index (χ3n) is 6.29. The highest BCUT2D eigenvalue weighted by Gasteiger charge is 2.47. The fourth-order valence-corrected chi connectivity index (χ4v) is 4.34. The Bertz CT molecular complexity index is 983. The maximum Gasteiger partial charge on any atom is 0.410 e. The number of aromatic nitrogens is 2. The van der Waals surface area contributed by atoms with Gasteiger partial charge in [0.05, 0.1) is 20.3 Å². The molecule has 32 heavy (non-hydrogen) atoms. The van der Waals surface area contributed by atoms with Gasteiger partial charge < -0.3 is 19.7 Å². The van der Waals surface area contributed by atoms with Crippen molar-refractivity contribution in [1.29, 1.82) is 0 Å². The van der Waals surface area contributed by atoms with Crippen LogP contribution in [0.4, 0.5) is 19.0 Å². The third-order valence-corrected chi connectivity index (χ3v) is 6.29. The van der Waals surface area contributed by atoms with Crippen molar-refractivity contribution in [3.8, 4) is 11.5 Å². The number of nitrogens with zero attached hydrogens (tertiary/aromatic N) is 3. The van der Waals surface area contributed by atoms with Crippen LogP contribution >= 0.6 is 0 Å². The monoisotopic (exact) mass is 452 g/mol. The number of carbonyl (C=O) groups is 1. The minimum absolute atomic E-state index is 0.0317. The Kier molecular flexibility index (Phi) is 5.96. The fourth-order valence-electron chi connectivity index (χ4n) is 4.34. The van der Waals surface area contributed by atoms with Gasteiger partial charge in [-0.1, -0.05) is 13.0 Å². The van der Waals surface area contributed by atoms with Gasteiger partial charge in [-0.05, 0) is 36.5 Å². The number of nitrogens with one attached hydrogen (secondary N) is 1. The Morgan fingerprint density at radius 1 is 1.12 bits per heavy atom. The summed E-state index contributed by atoms with van der Waals surface area (Å²) in [6.45, 7) is 3.31. The molecule has 0 aliphatic carbocycles. The van der Waals surface area contributed by atoms with E-state index in [9.17, 15) is 18.0 Å². The zero-order valence-corrected chi connectivity index (χ0v) is 18.3. The molecule has 2 aliphatic rings. The number of alkyl halides is 3. The molecule has 10 heteroatoms. The minimum atomic E-state index is -4.52. The number of anilines is 1. The van der Waals surface area contributed by atoms with Gasteiger partial charge in [-0.2, -0.15) is 18.3 Å². The van der Waals surface area contributed by atoms with Gasteiger partial charge in [0.25, 0.3) is 5.91 Å². The average Bonchev–Trinajstić information content (AvgIpc) is 3.21. The molecule has 2 aliphatic heterocycles. The van der Waals surface area contributed by atoms with Crippen LogP contribution in [-0.2, 0) is 0 Å². The molecule has 0 unspecified atom stereocenters. The lowest BCUT2D eigenvalue weighted by Gasteiger charge is -2.33. The summed E-state index contributed by atoms with van der Waals surface area (Å²) in [5, 5.41) is 7.20. The second kappa shape index (κ2) is 8.55. The lowest BCUT2D eigenvalue weighted by Crippen LogP contribution is -2.38. The Labute approximate surface area is 184 Å². The number of benzene rings is 1. The number of carbonyl (C=O) groups excluding carboxylic acids is 1. The van der Waals surface area contributed by atoms with E-state index < -0.39 is 18.3 Å². The number of rotatable bonds is 4. The van der Waals surface area contributed by atoms with Crippen LogP contribution < -0.4 is 14.8 Å². The first-order valence-electron chi connectivity index (χ1n) is 10.6. The van der Waals surface area contributed by atoms with Crippen molar-refractivity contribution >= 4 is 11.7 Å². The van der Waals surface area contributed by atoms with Gasteiger partial charge in [-0.3, -0.25) is 4.79 Å². The molecule has 1 fully saturated rings. The molecule has 0 bridgehead atoms. The van der Waals surface area contributed by atoms with E-state index in [0.717, 1.165) is 17.5 Å². The summed E-state index contributed by atoms with van der Waals surface area (Å²) in [7, 11) is 2.97. The summed E-state index contributed by atoms with van der Waals surface area (Å²) < 4.78 is 53.3. The number of methoxy groups -OCH3 is 2. The fraction of sp³-hybridized carbons (Fsp3) is 0.545. The first-order chi connectivity index (χ1) is 15.2. The maximum atomic E-state index is 14.0. The van der Waals surface area contributed by atoms with Gasteiger partial charge in [0.2, 0.25) is 0 Å². The van der Waals surface area contributed by atoms with E-state index in [1.165, 1.54) is 20.3 Å². The zero-order valence-electron chi connectivity index (χ0n) is 18.3. The second-order valence-electron chi connectivity index (χ2n) is 8.44. The van der Waals surface area contributed by atoms with Gasteiger partial charge >= 0.3 is 6.18 Å². The first-order valence-corrected chi connectivity index (χ1v) is 10.6. The Hall–Kier alpha value is -2.91. The lowest BCUT2D eigenvalue weighted by molar-refractivity contribution is -0.173. The smallest absolute Gasteiger partial charge is 0.410 e. The van der Waals surface area contributed by atoms with Crippen LogP contribution in [-0.4, -0.2) is 54.1 Å². The summed E-state index contributed by atoms with van der Waals surface area (Å²) in [5.41, 5.74) is 0.659. The van der Waals surface area contributed by atoms with Gasteiger partial charge in [0.15, 0.2) is 23.2 Å². The predicted molar refractivity (Wildman–Crippen MR) is 112 cm³/mol. The molecule has 0 saturated carbocycles. The largest absolute Gasteiger partial charge is 0.493 e. The molecule has 1 aromatic heterocycles. The van der Waals surface area contributed by atoms with E-state index in [1.54, 1.807) is 23.1 Å². The zero-order chi connectivity index (χ0) is 23.0. The van der Waals surface area contributed by atoms with Gasteiger partial charge in [0.1, 0.15) is 5.82 Å². The molecule has 1 aromatic carbocycles. The number of hydrogen-bond donors (Lipinski definition) is 1. The molecule has 174 valence electrons. The van der Waals surface area contributed by atoms with Crippen molar-refractivity contribution in [1.82, 2.24) is 14.7 Å². The standard InChI is InChI=1S/C22H27F3N4O3/c1-13-6-8-28(9-7-13)21(30)16-12-20-26-15(11-19(22(23,24)25)29(20)27-16)14-4-5-17(31-2)18(10-14)32-3/h4-5,10,12-13,15,19,26H,6-9,11H2,1-3H3/t15-,19-/m0/s1. The molecule has 2 aromatic rings. The number of piperidine rings is 1. The molecule has 0 spiro atoms. The van der Waals surface area contributed by atoms with Crippen LogP contribution in [0.25, 0.3) is 0 Å². The van der Waals surface area contributed by atoms with Crippen LogP contribution in [0.5, 0.6) is 11.5 Å². The average molecular weight is 452 g/mol. The number of halogens is 3. The van der Waals surface area contributed by atoms with Gasteiger partial charge in [-0.15, -0.1) is 0 Å². The second-order valence-corrected chi connectivity index (χ2v) is 8.44. The van der Waals surface area contributed by atoms with E-state index >= 15 is 0 Å². The van der Waals surface area contributed by atoms with Crippen LogP contribution in [0.15, 0.2) is 24.3 Å². The SMILES string of the molecule is COc1ccc([C@@H]2C[C@@H](C(F)(F)F)n3nc(C(=O)N4CCC(C)CC4)cc3N2)cc1OC. The Morgan fingerprint density at radius 2 is 1.81 bits per heavy atom. The molecular weight excluding hydrogens is 425 g/mol. The summed E-state index contributed by atoms with van der Waals surface area (Å²) in [6.07, 6.45) is -3.02. The van der Waals surface area contributed by atoms with Crippen molar-refractivity contribution in [3.63, 3.8) is 0 Å². The van der Waals surface area contributed by atoms with E-state index in [4.69, 9.17) is 9.47 Å². The van der Waals surface area contributed by atoms with Gasteiger partial charge in [0, 0.05) is 25.6 Å². The van der Waals surface area contributed by atoms with Crippen LogP contribution in [0.3, 0.4) is 0 Å². The lowest BCUT2D eigenvalue weighted by atomic mass is 9.96. The number of amides is 1. The quantitative estimate of drug-likeness (QED) is 0.743. The normalized spacial score (nSPS) is 21.6. The third kappa shape index (κ3) is 4.22. The predicted octanol–water partition coefficient (Wildman–Crippen LogP) is 4.43. The number of fused-ring (bicyclic) bond motifs is 1. The highest BCUT2D eigenvalue weighted by atomic mass is 19.4. The van der Waals surface area contributed by atoms with E-state index in [2.05, 4.69) is 17.3 Å². The molecule has 3 heterocycles. The number of ether oxygens (including phenoxy) is 2. The molecule has 1 amide bonds. The minimum Gasteiger partial charge on any atom is -0.493 e. The molecular formula is C22H27F3N4O3. The van der Waals surface area contributed by atoms with Crippen LogP contribution in [0.2, 0.25) is 0 Å². The molecule has 4 rings (SSSR count). The summed E-state index contributed by atoms with van der Waals surface area (Å²) in [4.78, 5) is 14.6. The van der Waals surface area contributed by atoms with E-state index in [0.29, 0.717) is 36.1 Å². The van der Waals surface area contributed by atoms with E-state index in [-0.39, 0.29) is 23.8 Å². The summed E-state index contributed by atoms with van der Waals surface area (Å²) >= 11 is 0. The van der Waals surface area contributed by atoms with Crippen molar-refractivity contribution in [3.05, 3.63) is 35.5 Å². The van der Waals surface area contributed by atoms with Crippen molar-refractivity contribution in [2.75, 3.05) is 32.6 Å². The molecule has 7 nitrogen and oxygen atoms in total. The number of likely N-dealkylation sites (tertiary alicyclic amines) is 1. The molecule has 1 saturated heterocycles. The number of hydrogen-bond acceptors (Lipinski definition) is 5. The summed E-state index contributed by atoms with van der Waals surface area (Å²) in [6, 6.07) is 3.98.